The number of aromatic nitrogens is 3. The van der Waals surface area contributed by atoms with E-state index in [-0.39, 0.29) is 11.5 Å². The van der Waals surface area contributed by atoms with Crippen LogP contribution in [0.5, 0.6) is 0 Å². The van der Waals surface area contributed by atoms with E-state index in [1.54, 1.807) is 48.3 Å². The number of hydrogen-bond donors (Lipinski definition) is 1. The van der Waals surface area contributed by atoms with E-state index in [1.165, 1.54) is 4.68 Å². The molecule has 0 bridgehead atoms. The smallest absolute Gasteiger partial charge is 0.282 e. The van der Waals surface area contributed by atoms with Crippen molar-refractivity contribution in [1.29, 1.82) is 0 Å². The SMILES string of the molecule is Cc1ccc(NC(=O)c2cn(C)cc3c(=O)n(-c4ccccc4)nc2-3)cc1Cl. The topological polar surface area (TPSA) is 68.9 Å². The lowest BCUT2D eigenvalue weighted by Crippen LogP contribution is -2.17. The Morgan fingerprint density at radius 3 is 2.57 bits per heavy atom. The fraction of sp³-hybridized carbons (Fsp3) is 0.0952. The summed E-state index contributed by atoms with van der Waals surface area (Å²) in [6.07, 6.45) is 3.32. The highest BCUT2D eigenvalue weighted by molar-refractivity contribution is 6.31. The van der Waals surface area contributed by atoms with E-state index < -0.39 is 0 Å². The second kappa shape index (κ2) is 6.98. The van der Waals surface area contributed by atoms with Crippen LogP contribution in [0.3, 0.4) is 0 Å². The summed E-state index contributed by atoms with van der Waals surface area (Å²) in [6, 6.07) is 14.4. The van der Waals surface area contributed by atoms with E-state index in [0.29, 0.717) is 33.2 Å². The zero-order chi connectivity index (χ0) is 19.8. The van der Waals surface area contributed by atoms with Crippen molar-refractivity contribution >= 4 is 23.2 Å². The van der Waals surface area contributed by atoms with Crippen molar-refractivity contribution in [3.63, 3.8) is 0 Å². The first-order chi connectivity index (χ1) is 13.4. The number of carbonyl (C=O) groups excluding carboxylic acids is 1. The molecular weight excluding hydrogens is 376 g/mol. The number of fused-ring (bicyclic) bond motifs is 1. The van der Waals surface area contributed by atoms with Crippen LogP contribution in [0.15, 0.2) is 65.7 Å². The molecule has 0 fully saturated rings. The average Bonchev–Trinajstić information content (AvgIpc) is 3.01. The molecule has 2 aliphatic rings. The van der Waals surface area contributed by atoms with Crippen LogP contribution in [0.1, 0.15) is 15.9 Å². The van der Waals surface area contributed by atoms with Gasteiger partial charge in [0.05, 0.1) is 16.8 Å². The predicted molar refractivity (Wildman–Crippen MR) is 110 cm³/mol. The summed E-state index contributed by atoms with van der Waals surface area (Å²) in [5.41, 5.74) is 2.90. The molecular formula is C21H17ClN4O2. The third-order valence-corrected chi connectivity index (χ3v) is 4.88. The molecule has 0 unspecified atom stereocenters. The van der Waals surface area contributed by atoms with Crippen LogP contribution in [0.4, 0.5) is 5.69 Å². The molecule has 140 valence electrons. The Morgan fingerprint density at radius 1 is 1.11 bits per heavy atom. The number of pyridine rings is 1. The number of benzene rings is 2. The Labute approximate surface area is 166 Å². The van der Waals surface area contributed by atoms with E-state index in [0.717, 1.165) is 5.56 Å². The first-order valence-electron chi connectivity index (χ1n) is 8.66. The molecule has 2 aromatic rings. The van der Waals surface area contributed by atoms with E-state index >= 15 is 0 Å². The Balaban J connectivity index is 1.79. The second-order valence-electron chi connectivity index (χ2n) is 6.57. The molecule has 0 saturated carbocycles. The summed E-state index contributed by atoms with van der Waals surface area (Å²) in [4.78, 5) is 25.7. The number of aryl methyl sites for hydroxylation is 2. The highest BCUT2D eigenvalue weighted by atomic mass is 35.5. The molecule has 2 heterocycles. The van der Waals surface area contributed by atoms with E-state index in [9.17, 15) is 9.59 Å². The molecule has 0 saturated heterocycles. The zero-order valence-electron chi connectivity index (χ0n) is 15.3. The van der Waals surface area contributed by atoms with Gasteiger partial charge in [0.25, 0.3) is 11.5 Å². The minimum atomic E-state index is -0.362. The lowest BCUT2D eigenvalue weighted by Gasteiger charge is -2.10. The van der Waals surface area contributed by atoms with Crippen LogP contribution in [0, 0.1) is 6.92 Å². The number of nitrogens with zero attached hydrogens (tertiary/aromatic N) is 3. The van der Waals surface area contributed by atoms with Gasteiger partial charge < -0.3 is 9.88 Å². The van der Waals surface area contributed by atoms with Gasteiger partial charge in [-0.1, -0.05) is 35.9 Å². The van der Waals surface area contributed by atoms with Gasteiger partial charge in [-0.15, -0.1) is 0 Å². The molecule has 2 aliphatic heterocycles. The van der Waals surface area contributed by atoms with Gasteiger partial charge in [0.2, 0.25) is 0 Å². The number of hydrogen-bond acceptors (Lipinski definition) is 3. The Bertz CT molecular complexity index is 1210. The third kappa shape index (κ3) is 3.18. The van der Waals surface area contributed by atoms with Gasteiger partial charge in [-0.3, -0.25) is 9.59 Å². The van der Waals surface area contributed by atoms with Gasteiger partial charge in [-0.2, -0.15) is 9.78 Å². The normalized spacial score (nSPS) is 11.0. The number of anilines is 1. The molecule has 0 radical (unpaired) electrons. The maximum atomic E-state index is 12.9. The summed E-state index contributed by atoms with van der Waals surface area (Å²) in [7, 11) is 1.76. The first-order valence-corrected chi connectivity index (χ1v) is 9.04. The van der Waals surface area contributed by atoms with Gasteiger partial charge in [0.1, 0.15) is 5.69 Å². The summed E-state index contributed by atoms with van der Waals surface area (Å²) < 4.78 is 2.99. The number of carbonyl (C=O) groups is 1. The van der Waals surface area contributed by atoms with Gasteiger partial charge in [0, 0.05) is 30.2 Å². The molecule has 0 spiro atoms. The van der Waals surface area contributed by atoms with Crippen molar-refractivity contribution in [1.82, 2.24) is 14.3 Å². The predicted octanol–water partition coefficient (Wildman–Crippen LogP) is 3.89. The summed E-state index contributed by atoms with van der Waals surface area (Å²) in [6.45, 7) is 1.89. The monoisotopic (exact) mass is 392 g/mol. The first kappa shape index (κ1) is 18.0. The molecule has 28 heavy (non-hydrogen) atoms. The lowest BCUT2D eigenvalue weighted by atomic mass is 10.1. The Hall–Kier alpha value is -3.38. The van der Waals surface area contributed by atoms with Crippen LogP contribution < -0.4 is 10.9 Å². The fourth-order valence-electron chi connectivity index (χ4n) is 3.02. The van der Waals surface area contributed by atoms with Crippen molar-refractivity contribution in [2.24, 2.45) is 7.05 Å². The molecule has 6 nitrogen and oxygen atoms in total. The van der Waals surface area contributed by atoms with Gasteiger partial charge in [-0.05, 0) is 36.8 Å². The Morgan fingerprint density at radius 2 is 1.86 bits per heavy atom. The van der Waals surface area contributed by atoms with E-state index in [2.05, 4.69) is 10.4 Å². The highest BCUT2D eigenvalue weighted by Crippen LogP contribution is 2.24. The molecule has 0 aromatic heterocycles. The van der Waals surface area contributed by atoms with Crippen LogP contribution in [-0.4, -0.2) is 20.3 Å². The summed E-state index contributed by atoms with van der Waals surface area (Å²) in [5.74, 6) is -0.362. The second-order valence-corrected chi connectivity index (χ2v) is 6.98. The van der Waals surface area contributed by atoms with Gasteiger partial charge in [-0.25, -0.2) is 0 Å². The molecule has 0 aliphatic carbocycles. The van der Waals surface area contributed by atoms with Crippen molar-refractivity contribution < 1.29 is 4.79 Å². The maximum absolute atomic E-state index is 12.9. The molecule has 1 amide bonds. The molecule has 7 heteroatoms. The van der Waals surface area contributed by atoms with Crippen molar-refractivity contribution in [2.45, 2.75) is 6.92 Å². The molecule has 0 atom stereocenters. The zero-order valence-corrected chi connectivity index (χ0v) is 16.1. The average molecular weight is 393 g/mol. The molecule has 2 aromatic carbocycles. The minimum Gasteiger partial charge on any atom is -0.356 e. The van der Waals surface area contributed by atoms with Crippen LogP contribution >= 0.6 is 11.6 Å². The third-order valence-electron chi connectivity index (χ3n) is 4.47. The standard InChI is InChI=1S/C21H17ClN4O2/c1-13-8-9-14(10-18(13)22)23-20(27)16-11-25(2)12-17-19(16)24-26(21(17)28)15-6-4-3-5-7-15/h3-12H,1-2H3,(H,23,27). The van der Waals surface area contributed by atoms with Crippen LogP contribution in [0.2, 0.25) is 5.02 Å². The number of rotatable bonds is 3. The van der Waals surface area contributed by atoms with Gasteiger partial charge in [0.15, 0.2) is 0 Å². The van der Waals surface area contributed by atoms with E-state index in [1.807, 2.05) is 31.2 Å². The lowest BCUT2D eigenvalue weighted by molar-refractivity contribution is 0.102. The number of amides is 1. The summed E-state index contributed by atoms with van der Waals surface area (Å²) in [5, 5.41) is 7.81. The largest absolute Gasteiger partial charge is 0.356 e. The number of para-hydroxylation sites is 1. The fourth-order valence-corrected chi connectivity index (χ4v) is 3.20. The Kier molecular flexibility index (Phi) is 4.49. The quantitative estimate of drug-likeness (QED) is 0.575. The van der Waals surface area contributed by atoms with Crippen molar-refractivity contribution in [2.75, 3.05) is 5.32 Å². The van der Waals surface area contributed by atoms with Crippen molar-refractivity contribution in [3.8, 4) is 16.9 Å². The number of nitrogens with one attached hydrogen (secondary N) is 1. The number of halogens is 1. The highest BCUT2D eigenvalue weighted by Gasteiger charge is 2.24. The van der Waals surface area contributed by atoms with Crippen LogP contribution in [-0.2, 0) is 7.05 Å². The minimum absolute atomic E-state index is 0.273. The summed E-state index contributed by atoms with van der Waals surface area (Å²) >= 11 is 6.14. The maximum Gasteiger partial charge on any atom is 0.282 e. The van der Waals surface area contributed by atoms with Gasteiger partial charge >= 0.3 is 0 Å². The van der Waals surface area contributed by atoms with E-state index in [4.69, 9.17) is 11.6 Å². The molecule has 4 rings (SSSR count). The van der Waals surface area contributed by atoms with Crippen LogP contribution in [0.25, 0.3) is 16.9 Å². The molecule has 1 N–H and O–H groups in total. The van der Waals surface area contributed by atoms with Crippen molar-refractivity contribution in [3.05, 3.63) is 87.4 Å².